The Labute approximate surface area is 140 Å². The third-order valence-corrected chi connectivity index (χ3v) is 3.97. The zero-order valence-corrected chi connectivity index (χ0v) is 13.6. The first-order valence-electron chi connectivity index (χ1n) is 5.98. The Balaban J connectivity index is 2.03. The molecule has 1 heterocycles. The molecule has 22 heavy (non-hydrogen) atoms. The summed E-state index contributed by atoms with van der Waals surface area (Å²) in [6.07, 6.45) is 4.18. The number of carbonyl (C=O) groups excluding carboxylic acids is 2. The second kappa shape index (κ2) is 7.40. The molecule has 0 aliphatic heterocycles. The fourth-order valence-electron chi connectivity index (χ4n) is 1.48. The summed E-state index contributed by atoms with van der Waals surface area (Å²) < 4.78 is 4.56. The highest BCUT2D eigenvalue weighted by atomic mass is 35.5. The van der Waals surface area contributed by atoms with Crippen LogP contribution >= 0.6 is 34.5 Å². The van der Waals surface area contributed by atoms with Crippen molar-refractivity contribution in [2.24, 2.45) is 0 Å². The molecule has 114 valence electrons. The molecule has 8 heteroatoms. The summed E-state index contributed by atoms with van der Waals surface area (Å²) in [6.45, 7) is 0. The average molecular weight is 357 g/mol. The van der Waals surface area contributed by atoms with E-state index in [0.29, 0.717) is 25.6 Å². The number of hydrogen-bond acceptors (Lipinski definition) is 5. The van der Waals surface area contributed by atoms with Gasteiger partial charge in [-0.2, -0.15) is 0 Å². The summed E-state index contributed by atoms with van der Waals surface area (Å²) in [5.41, 5.74) is 0.624. The van der Waals surface area contributed by atoms with Gasteiger partial charge in [0.05, 0.1) is 13.3 Å². The smallest absolute Gasteiger partial charge is 0.349 e. The van der Waals surface area contributed by atoms with E-state index in [1.54, 1.807) is 24.3 Å². The number of amides is 1. The standard InChI is InChI=1S/C14H10Cl2N2O3S/c1-21-13(20)11-7-17-14(22-11)18-12(19)5-2-8-6-9(15)3-4-10(8)16/h2-7H,1H3,(H,17,18,19). The van der Waals surface area contributed by atoms with E-state index in [1.807, 2.05) is 0 Å². The number of halogens is 2. The zero-order valence-electron chi connectivity index (χ0n) is 11.3. The number of thiazole rings is 1. The second-order valence-corrected chi connectivity index (χ2v) is 5.88. The van der Waals surface area contributed by atoms with Crippen LogP contribution in [0.3, 0.4) is 0 Å². The van der Waals surface area contributed by atoms with Crippen molar-refractivity contribution in [3.63, 3.8) is 0 Å². The van der Waals surface area contributed by atoms with Crippen LogP contribution in [0.5, 0.6) is 0 Å². The summed E-state index contributed by atoms with van der Waals surface area (Å²) in [5.74, 6) is -0.902. The molecule has 0 spiro atoms. The van der Waals surface area contributed by atoms with E-state index in [-0.39, 0.29) is 0 Å². The number of esters is 1. The highest BCUT2D eigenvalue weighted by molar-refractivity contribution is 7.17. The monoisotopic (exact) mass is 356 g/mol. The molecule has 0 unspecified atom stereocenters. The predicted octanol–water partition coefficient (Wildman–Crippen LogP) is 3.89. The van der Waals surface area contributed by atoms with Crippen LogP contribution in [-0.2, 0) is 9.53 Å². The zero-order chi connectivity index (χ0) is 16.1. The molecule has 0 atom stereocenters. The fraction of sp³-hybridized carbons (Fsp3) is 0.0714. The number of nitrogens with zero attached hydrogens (tertiary/aromatic N) is 1. The van der Waals surface area contributed by atoms with Gasteiger partial charge in [0.25, 0.3) is 0 Å². The Hall–Kier alpha value is -1.89. The largest absolute Gasteiger partial charge is 0.465 e. The van der Waals surface area contributed by atoms with Gasteiger partial charge in [0.1, 0.15) is 4.88 Å². The third-order valence-electron chi connectivity index (χ3n) is 2.49. The first-order valence-corrected chi connectivity index (χ1v) is 7.55. The fourth-order valence-corrected chi connectivity index (χ4v) is 2.58. The average Bonchev–Trinajstić information content (AvgIpc) is 2.95. The number of methoxy groups -OCH3 is 1. The Kier molecular flexibility index (Phi) is 5.54. The van der Waals surface area contributed by atoms with Gasteiger partial charge >= 0.3 is 5.97 Å². The Morgan fingerprint density at radius 3 is 2.86 bits per heavy atom. The molecular weight excluding hydrogens is 347 g/mol. The highest BCUT2D eigenvalue weighted by Gasteiger charge is 2.11. The molecule has 1 aromatic heterocycles. The van der Waals surface area contributed by atoms with E-state index < -0.39 is 11.9 Å². The van der Waals surface area contributed by atoms with E-state index in [1.165, 1.54) is 19.4 Å². The summed E-state index contributed by atoms with van der Waals surface area (Å²) in [6, 6.07) is 4.95. The summed E-state index contributed by atoms with van der Waals surface area (Å²) >= 11 is 12.9. The molecular formula is C14H10Cl2N2O3S. The molecule has 1 amide bonds. The van der Waals surface area contributed by atoms with Gasteiger partial charge in [-0.1, -0.05) is 34.5 Å². The second-order valence-electron chi connectivity index (χ2n) is 4.01. The van der Waals surface area contributed by atoms with Gasteiger partial charge in [-0.05, 0) is 29.8 Å². The molecule has 1 aromatic carbocycles. The number of aromatic nitrogens is 1. The predicted molar refractivity (Wildman–Crippen MR) is 87.6 cm³/mol. The molecule has 5 nitrogen and oxygen atoms in total. The lowest BCUT2D eigenvalue weighted by Crippen LogP contribution is -2.07. The lowest BCUT2D eigenvalue weighted by molar-refractivity contribution is -0.111. The van der Waals surface area contributed by atoms with Crippen LogP contribution in [0.2, 0.25) is 10.0 Å². The number of ether oxygens (including phenoxy) is 1. The number of benzene rings is 1. The van der Waals surface area contributed by atoms with Crippen molar-refractivity contribution >= 4 is 57.6 Å². The van der Waals surface area contributed by atoms with E-state index >= 15 is 0 Å². The van der Waals surface area contributed by atoms with Crippen molar-refractivity contribution < 1.29 is 14.3 Å². The molecule has 0 aliphatic rings. The van der Waals surface area contributed by atoms with Crippen LogP contribution in [0, 0.1) is 0 Å². The van der Waals surface area contributed by atoms with Crippen LogP contribution in [0.15, 0.2) is 30.5 Å². The first-order chi connectivity index (χ1) is 10.5. The van der Waals surface area contributed by atoms with Crippen molar-refractivity contribution in [2.45, 2.75) is 0 Å². The van der Waals surface area contributed by atoms with Gasteiger partial charge in [0.15, 0.2) is 5.13 Å². The van der Waals surface area contributed by atoms with E-state index in [0.717, 1.165) is 11.3 Å². The normalized spacial score (nSPS) is 10.7. The van der Waals surface area contributed by atoms with Gasteiger partial charge < -0.3 is 4.74 Å². The molecule has 1 N–H and O–H groups in total. The van der Waals surface area contributed by atoms with Gasteiger partial charge in [-0.3, -0.25) is 10.1 Å². The number of anilines is 1. The SMILES string of the molecule is COC(=O)c1cnc(NC(=O)C=Cc2cc(Cl)ccc2Cl)s1. The highest BCUT2D eigenvalue weighted by Crippen LogP contribution is 2.22. The molecule has 2 aromatic rings. The summed E-state index contributed by atoms with van der Waals surface area (Å²) in [5, 5.41) is 3.84. The van der Waals surface area contributed by atoms with E-state index in [4.69, 9.17) is 23.2 Å². The summed E-state index contributed by atoms with van der Waals surface area (Å²) in [4.78, 5) is 27.3. The van der Waals surface area contributed by atoms with Crippen LogP contribution in [0.4, 0.5) is 5.13 Å². The number of hydrogen-bond donors (Lipinski definition) is 1. The van der Waals surface area contributed by atoms with Crippen LogP contribution in [-0.4, -0.2) is 24.0 Å². The van der Waals surface area contributed by atoms with Crippen molar-refractivity contribution in [3.8, 4) is 0 Å². The van der Waals surface area contributed by atoms with Gasteiger partial charge in [0, 0.05) is 16.1 Å². The quantitative estimate of drug-likeness (QED) is 0.666. The Bertz CT molecular complexity index is 743. The van der Waals surface area contributed by atoms with Crippen molar-refractivity contribution in [1.82, 2.24) is 4.98 Å². The third kappa shape index (κ3) is 4.30. The number of carbonyl (C=O) groups is 2. The van der Waals surface area contributed by atoms with Gasteiger partial charge in [-0.15, -0.1) is 0 Å². The van der Waals surface area contributed by atoms with Crippen molar-refractivity contribution in [2.75, 3.05) is 12.4 Å². The molecule has 0 saturated carbocycles. The minimum atomic E-state index is -0.501. The molecule has 0 aliphatic carbocycles. The van der Waals surface area contributed by atoms with E-state index in [2.05, 4.69) is 15.0 Å². The maximum absolute atomic E-state index is 11.8. The molecule has 0 radical (unpaired) electrons. The first kappa shape index (κ1) is 16.5. The van der Waals surface area contributed by atoms with Crippen LogP contribution < -0.4 is 5.32 Å². The minimum Gasteiger partial charge on any atom is -0.465 e. The van der Waals surface area contributed by atoms with Gasteiger partial charge in [-0.25, -0.2) is 9.78 Å². The molecule has 0 bridgehead atoms. The Morgan fingerprint density at radius 1 is 1.36 bits per heavy atom. The van der Waals surface area contributed by atoms with Gasteiger partial charge in [0.2, 0.25) is 5.91 Å². The van der Waals surface area contributed by atoms with E-state index in [9.17, 15) is 9.59 Å². The maximum Gasteiger partial charge on any atom is 0.349 e. The van der Waals surface area contributed by atoms with Crippen LogP contribution in [0.1, 0.15) is 15.2 Å². The number of nitrogens with one attached hydrogen (secondary N) is 1. The molecule has 2 rings (SSSR count). The minimum absolute atomic E-state index is 0.298. The summed E-state index contributed by atoms with van der Waals surface area (Å²) in [7, 11) is 1.28. The molecule has 0 fully saturated rings. The van der Waals surface area contributed by atoms with Crippen LogP contribution in [0.25, 0.3) is 6.08 Å². The maximum atomic E-state index is 11.8. The number of rotatable bonds is 4. The topological polar surface area (TPSA) is 68.3 Å². The van der Waals surface area contributed by atoms with Crippen molar-refractivity contribution in [3.05, 3.63) is 51.0 Å². The Morgan fingerprint density at radius 2 is 2.14 bits per heavy atom. The molecule has 0 saturated heterocycles. The lowest BCUT2D eigenvalue weighted by atomic mass is 10.2. The lowest BCUT2D eigenvalue weighted by Gasteiger charge is -1.99. The van der Waals surface area contributed by atoms with Crippen molar-refractivity contribution in [1.29, 1.82) is 0 Å².